The molecule has 96 valence electrons. The van der Waals surface area contributed by atoms with Gasteiger partial charge in [0.05, 0.1) is 6.04 Å². The minimum absolute atomic E-state index is 0.116. The zero-order valence-corrected chi connectivity index (χ0v) is 10.6. The molecular weight excluding hydrogens is 222 g/mol. The Labute approximate surface area is 101 Å². The van der Waals surface area contributed by atoms with Gasteiger partial charge in [-0.2, -0.15) is 0 Å². The highest BCUT2D eigenvalue weighted by molar-refractivity contribution is 6.04. The smallest absolute Gasteiger partial charge is 0.249 e. The summed E-state index contributed by atoms with van der Waals surface area (Å²) in [6.45, 7) is 6.98. The lowest BCUT2D eigenvalue weighted by atomic mass is 9.86. The molecule has 6 heteroatoms. The standard InChI is InChI=1S/C11H19N3O3/c1-6-9(16)13-7(15)5-14(6)10(17)8(12)11(2,3)4/h6,8H,5,12H2,1-4H3,(H,13,15,16)/t6?,8-/m1/s1. The molecule has 0 saturated carbocycles. The van der Waals surface area contributed by atoms with Crippen molar-refractivity contribution in [3.63, 3.8) is 0 Å². The first kappa shape index (κ1) is 13.6. The maximum atomic E-state index is 12.1. The molecule has 0 spiro atoms. The summed E-state index contributed by atoms with van der Waals surface area (Å²) in [7, 11) is 0. The Kier molecular flexibility index (Phi) is 3.56. The SMILES string of the molecule is CC1C(=O)NC(=O)CN1C(=O)[C@@H](N)C(C)(C)C. The topological polar surface area (TPSA) is 92.5 Å². The zero-order valence-electron chi connectivity index (χ0n) is 10.6. The quantitative estimate of drug-likeness (QED) is 0.590. The van der Waals surface area contributed by atoms with Crippen molar-refractivity contribution in [1.29, 1.82) is 0 Å². The molecule has 6 nitrogen and oxygen atoms in total. The number of hydrogen-bond acceptors (Lipinski definition) is 4. The largest absolute Gasteiger partial charge is 0.320 e. The molecule has 1 aliphatic heterocycles. The van der Waals surface area contributed by atoms with Crippen LogP contribution in [0.4, 0.5) is 0 Å². The first-order valence-corrected chi connectivity index (χ1v) is 5.54. The van der Waals surface area contributed by atoms with Gasteiger partial charge in [0.1, 0.15) is 12.6 Å². The lowest BCUT2D eigenvalue weighted by molar-refractivity contribution is -0.151. The van der Waals surface area contributed by atoms with Crippen molar-refractivity contribution in [2.45, 2.75) is 39.8 Å². The zero-order chi connectivity index (χ0) is 13.4. The third-order valence-electron chi connectivity index (χ3n) is 2.91. The van der Waals surface area contributed by atoms with Crippen molar-refractivity contribution >= 4 is 17.7 Å². The van der Waals surface area contributed by atoms with E-state index in [1.165, 1.54) is 4.90 Å². The summed E-state index contributed by atoms with van der Waals surface area (Å²) < 4.78 is 0. The second kappa shape index (κ2) is 4.44. The fraction of sp³-hybridized carbons (Fsp3) is 0.727. The minimum atomic E-state index is -0.733. The van der Waals surface area contributed by atoms with E-state index in [1.54, 1.807) is 6.92 Å². The summed E-state index contributed by atoms with van der Waals surface area (Å²) in [6.07, 6.45) is 0. The summed E-state index contributed by atoms with van der Waals surface area (Å²) in [4.78, 5) is 36.0. The van der Waals surface area contributed by atoms with Gasteiger partial charge in [-0.15, -0.1) is 0 Å². The molecule has 2 atom stereocenters. The van der Waals surface area contributed by atoms with Crippen LogP contribution in [0.1, 0.15) is 27.7 Å². The molecule has 1 fully saturated rings. The van der Waals surface area contributed by atoms with Crippen molar-refractivity contribution in [3.05, 3.63) is 0 Å². The number of hydrogen-bond donors (Lipinski definition) is 2. The fourth-order valence-corrected chi connectivity index (χ4v) is 1.53. The van der Waals surface area contributed by atoms with Crippen LogP contribution >= 0.6 is 0 Å². The maximum absolute atomic E-state index is 12.1. The Morgan fingerprint density at radius 3 is 2.47 bits per heavy atom. The van der Waals surface area contributed by atoms with Crippen LogP contribution in [0.2, 0.25) is 0 Å². The van der Waals surface area contributed by atoms with Gasteiger partial charge in [0.15, 0.2) is 0 Å². The van der Waals surface area contributed by atoms with Gasteiger partial charge in [-0.05, 0) is 12.3 Å². The predicted octanol–water partition coefficient (Wildman–Crippen LogP) is -0.767. The number of piperazine rings is 1. The summed E-state index contributed by atoms with van der Waals surface area (Å²) in [5, 5.41) is 2.18. The van der Waals surface area contributed by atoms with Crippen LogP contribution in [0.15, 0.2) is 0 Å². The number of nitrogens with zero attached hydrogens (tertiary/aromatic N) is 1. The van der Waals surface area contributed by atoms with Crippen LogP contribution in [0, 0.1) is 5.41 Å². The molecule has 3 amide bonds. The van der Waals surface area contributed by atoms with Crippen LogP contribution in [0.5, 0.6) is 0 Å². The number of amides is 3. The van der Waals surface area contributed by atoms with E-state index in [0.717, 1.165) is 0 Å². The molecule has 0 aromatic carbocycles. The minimum Gasteiger partial charge on any atom is -0.320 e. The number of imide groups is 1. The highest BCUT2D eigenvalue weighted by atomic mass is 16.2. The van der Waals surface area contributed by atoms with Gasteiger partial charge >= 0.3 is 0 Å². The highest BCUT2D eigenvalue weighted by Gasteiger charge is 2.38. The van der Waals surface area contributed by atoms with E-state index in [2.05, 4.69) is 5.32 Å². The summed E-state index contributed by atoms with van der Waals surface area (Å²) >= 11 is 0. The Bertz CT molecular complexity index is 359. The average molecular weight is 241 g/mol. The molecule has 0 radical (unpaired) electrons. The third-order valence-corrected chi connectivity index (χ3v) is 2.91. The number of carbonyl (C=O) groups excluding carboxylic acids is 3. The van der Waals surface area contributed by atoms with E-state index in [4.69, 9.17) is 5.73 Å². The van der Waals surface area contributed by atoms with E-state index in [1.807, 2.05) is 20.8 Å². The second-order valence-electron chi connectivity index (χ2n) is 5.40. The molecule has 0 aliphatic carbocycles. The Morgan fingerprint density at radius 2 is 2.00 bits per heavy atom. The number of nitrogens with two attached hydrogens (primary N) is 1. The maximum Gasteiger partial charge on any atom is 0.249 e. The lowest BCUT2D eigenvalue weighted by Gasteiger charge is -2.36. The Morgan fingerprint density at radius 1 is 1.47 bits per heavy atom. The first-order valence-electron chi connectivity index (χ1n) is 5.54. The third kappa shape index (κ3) is 2.82. The van der Waals surface area contributed by atoms with Crippen LogP contribution < -0.4 is 11.1 Å². The average Bonchev–Trinajstić information content (AvgIpc) is 2.20. The molecule has 1 heterocycles. The predicted molar refractivity (Wildman–Crippen MR) is 61.8 cm³/mol. The molecule has 1 saturated heterocycles. The van der Waals surface area contributed by atoms with Crippen molar-refractivity contribution in [3.8, 4) is 0 Å². The number of carbonyl (C=O) groups is 3. The normalized spacial score (nSPS) is 23.4. The molecule has 0 aromatic rings. The van der Waals surface area contributed by atoms with E-state index in [9.17, 15) is 14.4 Å². The molecular formula is C11H19N3O3. The van der Waals surface area contributed by atoms with Crippen LogP contribution in [0.25, 0.3) is 0 Å². The van der Waals surface area contributed by atoms with Crippen molar-refractivity contribution in [2.75, 3.05) is 6.54 Å². The van der Waals surface area contributed by atoms with Crippen molar-refractivity contribution in [1.82, 2.24) is 10.2 Å². The van der Waals surface area contributed by atoms with Gasteiger partial charge in [-0.25, -0.2) is 0 Å². The first-order chi connectivity index (χ1) is 7.64. The monoisotopic (exact) mass is 241 g/mol. The molecule has 0 bridgehead atoms. The number of rotatable bonds is 1. The van der Waals surface area contributed by atoms with Crippen molar-refractivity contribution in [2.24, 2.45) is 11.1 Å². The Hall–Kier alpha value is -1.43. The van der Waals surface area contributed by atoms with Crippen LogP contribution in [-0.4, -0.2) is 41.2 Å². The molecule has 1 rings (SSSR count). The molecule has 17 heavy (non-hydrogen) atoms. The van der Waals surface area contributed by atoms with E-state index in [-0.39, 0.29) is 12.5 Å². The van der Waals surface area contributed by atoms with Gasteiger partial charge in [-0.1, -0.05) is 20.8 Å². The van der Waals surface area contributed by atoms with Gasteiger partial charge in [0.2, 0.25) is 17.7 Å². The lowest BCUT2D eigenvalue weighted by Crippen LogP contribution is -2.62. The molecule has 1 aliphatic rings. The highest BCUT2D eigenvalue weighted by Crippen LogP contribution is 2.20. The van der Waals surface area contributed by atoms with Gasteiger partial charge in [0, 0.05) is 0 Å². The van der Waals surface area contributed by atoms with Crippen molar-refractivity contribution < 1.29 is 14.4 Å². The summed E-state index contributed by atoms with van der Waals surface area (Å²) in [6, 6.07) is -1.39. The van der Waals surface area contributed by atoms with Gasteiger partial charge in [0.25, 0.3) is 0 Å². The Balaban J connectivity index is 2.88. The van der Waals surface area contributed by atoms with Crippen LogP contribution in [0.3, 0.4) is 0 Å². The number of nitrogens with one attached hydrogen (secondary N) is 1. The van der Waals surface area contributed by atoms with E-state index in [0.29, 0.717) is 0 Å². The van der Waals surface area contributed by atoms with Crippen LogP contribution in [-0.2, 0) is 14.4 Å². The molecule has 3 N–H and O–H groups in total. The van der Waals surface area contributed by atoms with E-state index >= 15 is 0 Å². The van der Waals surface area contributed by atoms with Gasteiger partial charge < -0.3 is 10.6 Å². The molecule has 0 aromatic heterocycles. The summed E-state index contributed by atoms with van der Waals surface area (Å²) in [5.41, 5.74) is 5.44. The van der Waals surface area contributed by atoms with E-state index < -0.39 is 29.3 Å². The second-order valence-corrected chi connectivity index (χ2v) is 5.40. The fourth-order valence-electron chi connectivity index (χ4n) is 1.53. The molecule has 1 unspecified atom stereocenters. The van der Waals surface area contributed by atoms with Gasteiger partial charge in [-0.3, -0.25) is 19.7 Å². The summed E-state index contributed by atoms with van der Waals surface area (Å²) in [5.74, 6) is -1.30.